The number of nitrogens with two attached hydrogens (primary N) is 1. The van der Waals surface area contributed by atoms with E-state index in [-0.39, 0.29) is 0 Å². The summed E-state index contributed by atoms with van der Waals surface area (Å²) < 4.78 is 1.74. The van der Waals surface area contributed by atoms with Crippen LogP contribution >= 0.6 is 0 Å². The second kappa shape index (κ2) is 3.68. The molecule has 0 unspecified atom stereocenters. The van der Waals surface area contributed by atoms with E-state index >= 15 is 0 Å². The van der Waals surface area contributed by atoms with Crippen LogP contribution in [-0.4, -0.2) is 23.4 Å². The van der Waals surface area contributed by atoms with Gasteiger partial charge in [-0.25, -0.2) is 0 Å². The molecule has 1 aromatic rings. The number of nitrogens with zero attached hydrogens (tertiary/aromatic N) is 3. The summed E-state index contributed by atoms with van der Waals surface area (Å²) in [6.07, 6.45) is 1.83. The molecule has 1 aromatic heterocycles. The molecule has 0 radical (unpaired) electrons. The lowest BCUT2D eigenvalue weighted by molar-refractivity contribution is 0.630. The normalized spacial score (nSPS) is 10.8. The third-order valence-electron chi connectivity index (χ3n) is 1.84. The second-order valence-electron chi connectivity index (χ2n) is 3.86. The fraction of sp³-hybridized carbons (Fsp3) is 0.667. The minimum atomic E-state index is 0.617. The van der Waals surface area contributed by atoms with Crippen molar-refractivity contribution in [1.29, 1.82) is 0 Å². The zero-order chi connectivity index (χ0) is 10.0. The number of aryl methyl sites for hydroxylation is 1. The van der Waals surface area contributed by atoms with Crippen molar-refractivity contribution in [3.05, 3.63) is 6.20 Å². The lowest BCUT2D eigenvalue weighted by atomic mass is 10.2. The van der Waals surface area contributed by atoms with Gasteiger partial charge in [0.1, 0.15) is 0 Å². The van der Waals surface area contributed by atoms with Crippen molar-refractivity contribution in [3.8, 4) is 0 Å². The first kappa shape index (κ1) is 9.89. The molecule has 0 fully saturated rings. The van der Waals surface area contributed by atoms with Crippen molar-refractivity contribution in [3.63, 3.8) is 0 Å². The van der Waals surface area contributed by atoms with E-state index in [4.69, 9.17) is 5.73 Å². The van der Waals surface area contributed by atoms with Crippen molar-refractivity contribution >= 4 is 11.5 Å². The molecule has 0 aromatic carbocycles. The maximum absolute atomic E-state index is 5.79. The smallest absolute Gasteiger partial charge is 0.173 e. The molecule has 2 N–H and O–H groups in total. The fourth-order valence-electron chi connectivity index (χ4n) is 1.43. The van der Waals surface area contributed by atoms with Gasteiger partial charge in [0.15, 0.2) is 5.82 Å². The third kappa shape index (κ3) is 2.37. The van der Waals surface area contributed by atoms with Gasteiger partial charge in [0.25, 0.3) is 0 Å². The molecule has 1 heterocycles. The highest BCUT2D eigenvalue weighted by Crippen LogP contribution is 2.19. The summed E-state index contributed by atoms with van der Waals surface area (Å²) in [6, 6.07) is 0. The molecule has 4 nitrogen and oxygen atoms in total. The van der Waals surface area contributed by atoms with Gasteiger partial charge in [-0.2, -0.15) is 5.10 Å². The number of rotatable bonds is 3. The molecule has 0 bridgehead atoms. The predicted molar refractivity (Wildman–Crippen MR) is 55.7 cm³/mol. The van der Waals surface area contributed by atoms with Gasteiger partial charge in [-0.05, 0) is 5.92 Å². The summed E-state index contributed by atoms with van der Waals surface area (Å²) in [5.41, 5.74) is 6.53. The van der Waals surface area contributed by atoms with Crippen LogP contribution in [0, 0.1) is 5.92 Å². The van der Waals surface area contributed by atoms with Crippen LogP contribution in [-0.2, 0) is 7.05 Å². The monoisotopic (exact) mass is 182 g/mol. The Balaban J connectivity index is 2.76. The molecule has 0 aliphatic rings. The van der Waals surface area contributed by atoms with Gasteiger partial charge in [0.2, 0.25) is 0 Å². The van der Waals surface area contributed by atoms with Crippen LogP contribution in [0.15, 0.2) is 6.20 Å². The molecule has 0 aliphatic heterocycles. The van der Waals surface area contributed by atoms with E-state index in [1.807, 2.05) is 20.3 Å². The van der Waals surface area contributed by atoms with E-state index in [1.165, 1.54) is 0 Å². The number of anilines is 2. The van der Waals surface area contributed by atoms with Gasteiger partial charge in [-0.1, -0.05) is 13.8 Å². The second-order valence-corrected chi connectivity index (χ2v) is 3.86. The van der Waals surface area contributed by atoms with Crippen LogP contribution in [0.3, 0.4) is 0 Å². The standard InChI is InChI=1S/C9H18N4/c1-7(2)5-12(3)9-8(10)6-13(4)11-9/h6-7H,5,10H2,1-4H3. The summed E-state index contributed by atoms with van der Waals surface area (Å²) in [4.78, 5) is 2.08. The zero-order valence-electron chi connectivity index (χ0n) is 8.78. The first-order chi connectivity index (χ1) is 6.00. The fourth-order valence-corrected chi connectivity index (χ4v) is 1.43. The summed E-state index contributed by atoms with van der Waals surface area (Å²) in [5.74, 6) is 1.49. The lowest BCUT2D eigenvalue weighted by Gasteiger charge is -2.19. The van der Waals surface area contributed by atoms with Gasteiger partial charge in [-0.15, -0.1) is 0 Å². The van der Waals surface area contributed by atoms with E-state index in [0.717, 1.165) is 18.1 Å². The molecule has 74 valence electrons. The Kier molecular flexibility index (Phi) is 2.80. The average Bonchev–Trinajstić information content (AvgIpc) is 2.28. The number of aromatic nitrogens is 2. The Morgan fingerprint density at radius 3 is 2.62 bits per heavy atom. The molecule has 0 atom stereocenters. The Hall–Kier alpha value is -1.19. The summed E-state index contributed by atoms with van der Waals surface area (Å²) in [6.45, 7) is 5.33. The summed E-state index contributed by atoms with van der Waals surface area (Å²) >= 11 is 0. The van der Waals surface area contributed by atoms with Crippen LogP contribution in [0.1, 0.15) is 13.8 Å². The summed E-state index contributed by atoms with van der Waals surface area (Å²) in [5, 5.41) is 4.28. The Morgan fingerprint density at radius 1 is 1.62 bits per heavy atom. The largest absolute Gasteiger partial charge is 0.394 e. The van der Waals surface area contributed by atoms with Gasteiger partial charge in [-0.3, -0.25) is 4.68 Å². The van der Waals surface area contributed by atoms with Crippen molar-refractivity contribution in [1.82, 2.24) is 9.78 Å². The van der Waals surface area contributed by atoms with Gasteiger partial charge < -0.3 is 10.6 Å². The molecular formula is C9H18N4. The van der Waals surface area contributed by atoms with E-state index in [2.05, 4.69) is 23.8 Å². The quantitative estimate of drug-likeness (QED) is 0.761. The van der Waals surface area contributed by atoms with Crippen LogP contribution in [0.4, 0.5) is 11.5 Å². The molecule has 13 heavy (non-hydrogen) atoms. The maximum Gasteiger partial charge on any atom is 0.173 e. The molecule has 4 heteroatoms. The zero-order valence-corrected chi connectivity index (χ0v) is 8.78. The molecule has 1 rings (SSSR count). The topological polar surface area (TPSA) is 47.1 Å². The van der Waals surface area contributed by atoms with Gasteiger partial charge >= 0.3 is 0 Å². The first-order valence-electron chi connectivity index (χ1n) is 4.51. The third-order valence-corrected chi connectivity index (χ3v) is 1.84. The number of nitrogen functional groups attached to an aromatic ring is 1. The highest BCUT2D eigenvalue weighted by atomic mass is 15.3. The molecule has 0 amide bonds. The van der Waals surface area contributed by atoms with Crippen molar-refractivity contribution in [2.45, 2.75) is 13.8 Å². The Bertz CT molecular complexity index is 277. The van der Waals surface area contributed by atoms with Crippen LogP contribution in [0.25, 0.3) is 0 Å². The first-order valence-corrected chi connectivity index (χ1v) is 4.51. The van der Waals surface area contributed by atoms with Crippen LogP contribution < -0.4 is 10.6 Å². The summed E-state index contributed by atoms with van der Waals surface area (Å²) in [7, 11) is 3.89. The van der Waals surface area contributed by atoms with Gasteiger partial charge in [0, 0.05) is 26.8 Å². The predicted octanol–water partition coefficient (Wildman–Crippen LogP) is 1.09. The van der Waals surface area contributed by atoms with E-state index in [0.29, 0.717) is 5.92 Å². The van der Waals surface area contributed by atoms with Crippen molar-refractivity contribution in [2.75, 3.05) is 24.2 Å². The van der Waals surface area contributed by atoms with E-state index < -0.39 is 0 Å². The molecular weight excluding hydrogens is 164 g/mol. The Morgan fingerprint density at radius 2 is 2.23 bits per heavy atom. The van der Waals surface area contributed by atoms with E-state index in [1.54, 1.807) is 4.68 Å². The van der Waals surface area contributed by atoms with Crippen LogP contribution in [0.5, 0.6) is 0 Å². The molecule has 0 aliphatic carbocycles. The lowest BCUT2D eigenvalue weighted by Crippen LogP contribution is -2.23. The Labute approximate surface area is 79.3 Å². The molecule has 0 spiro atoms. The van der Waals surface area contributed by atoms with Crippen molar-refractivity contribution in [2.24, 2.45) is 13.0 Å². The SMILES string of the molecule is CC(C)CN(C)c1nn(C)cc1N. The molecule has 0 saturated carbocycles. The highest BCUT2D eigenvalue weighted by molar-refractivity contribution is 5.61. The van der Waals surface area contributed by atoms with Crippen molar-refractivity contribution < 1.29 is 0 Å². The molecule has 0 saturated heterocycles. The highest BCUT2D eigenvalue weighted by Gasteiger charge is 2.10. The number of hydrogen-bond donors (Lipinski definition) is 1. The minimum Gasteiger partial charge on any atom is -0.394 e. The van der Waals surface area contributed by atoms with Crippen LogP contribution in [0.2, 0.25) is 0 Å². The maximum atomic E-state index is 5.79. The minimum absolute atomic E-state index is 0.617. The van der Waals surface area contributed by atoms with E-state index in [9.17, 15) is 0 Å². The van der Waals surface area contributed by atoms with Gasteiger partial charge in [0.05, 0.1) is 5.69 Å². The number of hydrogen-bond acceptors (Lipinski definition) is 3. The average molecular weight is 182 g/mol.